The summed E-state index contributed by atoms with van der Waals surface area (Å²) in [6.07, 6.45) is 0.485. The molecule has 122 valence electrons. The van der Waals surface area contributed by atoms with Crippen LogP contribution in [0.4, 0.5) is 5.69 Å². The fourth-order valence-corrected chi connectivity index (χ4v) is 2.30. The first-order valence-corrected chi connectivity index (χ1v) is 7.38. The number of benzene rings is 2. The number of anilines is 1. The van der Waals surface area contributed by atoms with Gasteiger partial charge in [0.25, 0.3) is 0 Å². The molecule has 0 spiro atoms. The van der Waals surface area contributed by atoms with Gasteiger partial charge in [0, 0.05) is 11.8 Å². The minimum Gasteiger partial charge on any atom is -0.493 e. The van der Waals surface area contributed by atoms with Crippen molar-refractivity contribution in [1.29, 1.82) is 0 Å². The first kappa shape index (κ1) is 16.8. The SMILES string of the molecule is COc1cc(C)c(NC(=O)C(N)Cc2ccccc2)cc1OC. The van der Waals surface area contributed by atoms with Crippen LogP contribution in [0.1, 0.15) is 11.1 Å². The van der Waals surface area contributed by atoms with E-state index in [1.54, 1.807) is 20.3 Å². The van der Waals surface area contributed by atoms with Crippen molar-refractivity contribution < 1.29 is 14.3 Å². The zero-order valence-electron chi connectivity index (χ0n) is 13.6. The smallest absolute Gasteiger partial charge is 0.241 e. The summed E-state index contributed by atoms with van der Waals surface area (Å²) in [5, 5.41) is 2.86. The van der Waals surface area contributed by atoms with Crippen LogP contribution in [0, 0.1) is 6.92 Å². The van der Waals surface area contributed by atoms with Gasteiger partial charge in [-0.05, 0) is 30.5 Å². The third-order valence-corrected chi connectivity index (χ3v) is 3.62. The van der Waals surface area contributed by atoms with Gasteiger partial charge >= 0.3 is 0 Å². The van der Waals surface area contributed by atoms with Crippen LogP contribution < -0.4 is 20.5 Å². The van der Waals surface area contributed by atoms with Crippen LogP contribution in [0.5, 0.6) is 11.5 Å². The first-order chi connectivity index (χ1) is 11.0. The Balaban J connectivity index is 2.10. The summed E-state index contributed by atoms with van der Waals surface area (Å²) in [7, 11) is 3.13. The number of nitrogens with one attached hydrogen (secondary N) is 1. The second-order valence-corrected chi connectivity index (χ2v) is 5.31. The summed E-state index contributed by atoms with van der Waals surface area (Å²) in [6.45, 7) is 1.89. The summed E-state index contributed by atoms with van der Waals surface area (Å²) >= 11 is 0. The molecule has 0 aromatic heterocycles. The second kappa shape index (κ2) is 7.65. The Morgan fingerprint density at radius 2 is 1.74 bits per heavy atom. The van der Waals surface area contributed by atoms with Crippen molar-refractivity contribution in [3.63, 3.8) is 0 Å². The van der Waals surface area contributed by atoms with Gasteiger partial charge in [0.2, 0.25) is 5.91 Å². The van der Waals surface area contributed by atoms with Crippen LogP contribution in [0.3, 0.4) is 0 Å². The molecule has 0 aliphatic rings. The highest BCUT2D eigenvalue weighted by molar-refractivity contribution is 5.95. The number of nitrogens with two attached hydrogens (primary N) is 1. The highest BCUT2D eigenvalue weighted by atomic mass is 16.5. The van der Waals surface area contributed by atoms with Gasteiger partial charge < -0.3 is 20.5 Å². The molecular weight excluding hydrogens is 292 g/mol. The lowest BCUT2D eigenvalue weighted by Gasteiger charge is -2.16. The van der Waals surface area contributed by atoms with E-state index in [1.165, 1.54) is 0 Å². The maximum absolute atomic E-state index is 12.3. The largest absolute Gasteiger partial charge is 0.493 e. The summed E-state index contributed by atoms with van der Waals surface area (Å²) in [6, 6.07) is 12.6. The van der Waals surface area contributed by atoms with Crippen molar-refractivity contribution in [2.24, 2.45) is 5.73 Å². The maximum Gasteiger partial charge on any atom is 0.241 e. The Bertz CT molecular complexity index is 671. The topological polar surface area (TPSA) is 73.6 Å². The molecule has 1 unspecified atom stereocenters. The molecule has 5 nitrogen and oxygen atoms in total. The normalized spacial score (nSPS) is 11.7. The van der Waals surface area contributed by atoms with E-state index in [2.05, 4.69) is 5.32 Å². The predicted molar refractivity (Wildman–Crippen MR) is 91.0 cm³/mol. The fourth-order valence-electron chi connectivity index (χ4n) is 2.30. The van der Waals surface area contributed by atoms with Crippen LogP contribution in [0.15, 0.2) is 42.5 Å². The summed E-state index contributed by atoms with van der Waals surface area (Å²) in [5.74, 6) is 0.950. The summed E-state index contributed by atoms with van der Waals surface area (Å²) in [5.41, 5.74) is 8.57. The molecular formula is C18H22N2O3. The molecule has 0 aliphatic carbocycles. The Hall–Kier alpha value is -2.53. The lowest BCUT2D eigenvalue weighted by Crippen LogP contribution is -2.37. The number of aryl methyl sites for hydroxylation is 1. The van der Waals surface area contributed by atoms with Gasteiger partial charge in [-0.2, -0.15) is 0 Å². The third-order valence-electron chi connectivity index (χ3n) is 3.62. The number of rotatable bonds is 6. The van der Waals surface area contributed by atoms with Crippen LogP contribution in [-0.4, -0.2) is 26.2 Å². The number of methoxy groups -OCH3 is 2. The Morgan fingerprint density at radius 1 is 1.13 bits per heavy atom. The van der Waals surface area contributed by atoms with E-state index in [9.17, 15) is 4.79 Å². The van der Waals surface area contributed by atoms with Gasteiger partial charge in [-0.1, -0.05) is 30.3 Å². The molecule has 0 saturated heterocycles. The van der Waals surface area contributed by atoms with Crippen molar-refractivity contribution in [2.75, 3.05) is 19.5 Å². The molecule has 1 atom stereocenters. The van der Waals surface area contributed by atoms with Gasteiger partial charge in [0.05, 0.1) is 20.3 Å². The molecule has 1 amide bonds. The molecule has 2 rings (SSSR count). The highest BCUT2D eigenvalue weighted by Crippen LogP contribution is 2.32. The zero-order chi connectivity index (χ0) is 16.8. The number of ether oxygens (including phenoxy) is 2. The number of carbonyl (C=O) groups excluding carboxylic acids is 1. The number of carbonyl (C=O) groups is 1. The molecule has 2 aromatic carbocycles. The second-order valence-electron chi connectivity index (χ2n) is 5.31. The van der Waals surface area contributed by atoms with Gasteiger partial charge in [-0.3, -0.25) is 4.79 Å². The monoisotopic (exact) mass is 314 g/mol. The van der Waals surface area contributed by atoms with E-state index < -0.39 is 6.04 Å². The zero-order valence-corrected chi connectivity index (χ0v) is 13.6. The Kier molecular flexibility index (Phi) is 5.60. The van der Waals surface area contributed by atoms with Gasteiger partial charge in [0.15, 0.2) is 11.5 Å². The number of amides is 1. The lowest BCUT2D eigenvalue weighted by atomic mass is 10.1. The Labute approximate surface area is 136 Å². The van der Waals surface area contributed by atoms with E-state index in [0.29, 0.717) is 23.6 Å². The van der Waals surface area contributed by atoms with Crippen molar-refractivity contribution >= 4 is 11.6 Å². The van der Waals surface area contributed by atoms with Gasteiger partial charge in [-0.25, -0.2) is 0 Å². The maximum atomic E-state index is 12.3. The quantitative estimate of drug-likeness (QED) is 0.859. The number of hydrogen-bond acceptors (Lipinski definition) is 4. The number of hydrogen-bond donors (Lipinski definition) is 2. The average molecular weight is 314 g/mol. The average Bonchev–Trinajstić information content (AvgIpc) is 2.57. The summed E-state index contributed by atoms with van der Waals surface area (Å²) < 4.78 is 10.5. The van der Waals surface area contributed by atoms with E-state index in [-0.39, 0.29) is 5.91 Å². The molecule has 0 aliphatic heterocycles. The van der Waals surface area contributed by atoms with E-state index in [0.717, 1.165) is 11.1 Å². The van der Waals surface area contributed by atoms with Gasteiger partial charge in [-0.15, -0.1) is 0 Å². The lowest BCUT2D eigenvalue weighted by molar-refractivity contribution is -0.117. The van der Waals surface area contributed by atoms with E-state index in [4.69, 9.17) is 15.2 Å². The van der Waals surface area contributed by atoms with E-state index >= 15 is 0 Å². The standard InChI is InChI=1S/C18H22N2O3/c1-12-9-16(22-2)17(23-3)11-15(12)20-18(21)14(19)10-13-7-5-4-6-8-13/h4-9,11,14H,10,19H2,1-3H3,(H,20,21). The fraction of sp³-hybridized carbons (Fsp3) is 0.278. The molecule has 23 heavy (non-hydrogen) atoms. The molecule has 0 fully saturated rings. The van der Waals surface area contributed by atoms with Crippen molar-refractivity contribution in [3.8, 4) is 11.5 Å². The molecule has 0 radical (unpaired) electrons. The molecule has 0 bridgehead atoms. The third kappa shape index (κ3) is 4.23. The van der Waals surface area contributed by atoms with E-state index in [1.807, 2.05) is 43.3 Å². The molecule has 0 saturated carbocycles. The van der Waals surface area contributed by atoms with Crippen LogP contribution in [0.25, 0.3) is 0 Å². The molecule has 2 aromatic rings. The van der Waals surface area contributed by atoms with Gasteiger partial charge in [0.1, 0.15) is 0 Å². The molecule has 0 heterocycles. The Morgan fingerprint density at radius 3 is 2.35 bits per heavy atom. The first-order valence-electron chi connectivity index (χ1n) is 7.38. The van der Waals surface area contributed by atoms with Crippen molar-refractivity contribution in [1.82, 2.24) is 0 Å². The molecule has 3 N–H and O–H groups in total. The van der Waals surface area contributed by atoms with Crippen LogP contribution >= 0.6 is 0 Å². The molecule has 5 heteroatoms. The van der Waals surface area contributed by atoms with Crippen molar-refractivity contribution in [3.05, 3.63) is 53.6 Å². The van der Waals surface area contributed by atoms with Crippen LogP contribution in [0.2, 0.25) is 0 Å². The summed E-state index contributed by atoms with van der Waals surface area (Å²) in [4.78, 5) is 12.3. The highest BCUT2D eigenvalue weighted by Gasteiger charge is 2.16. The van der Waals surface area contributed by atoms with Crippen LogP contribution in [-0.2, 0) is 11.2 Å². The minimum atomic E-state index is -0.620. The minimum absolute atomic E-state index is 0.232. The predicted octanol–water partition coefficient (Wildman–Crippen LogP) is 2.52. The van der Waals surface area contributed by atoms with Crippen molar-refractivity contribution in [2.45, 2.75) is 19.4 Å².